The lowest BCUT2D eigenvalue weighted by molar-refractivity contribution is -0.385. The van der Waals surface area contributed by atoms with Crippen LogP contribution in [0.1, 0.15) is 6.92 Å². The lowest BCUT2D eigenvalue weighted by Crippen LogP contribution is -2.15. The highest BCUT2D eigenvalue weighted by Gasteiger charge is 2.18. The van der Waals surface area contributed by atoms with Gasteiger partial charge < -0.3 is 19.9 Å². The number of nitro groups is 1. The van der Waals surface area contributed by atoms with Gasteiger partial charge in [-0.2, -0.15) is 0 Å². The number of hydrogen-bond donors (Lipinski definition) is 1. The Morgan fingerprint density at radius 1 is 1.21 bits per heavy atom. The van der Waals surface area contributed by atoms with E-state index in [0.29, 0.717) is 17.2 Å². The van der Waals surface area contributed by atoms with Crippen LogP contribution < -0.4 is 15.2 Å². The van der Waals surface area contributed by atoms with E-state index < -0.39 is 17.5 Å². The van der Waals surface area contributed by atoms with Gasteiger partial charge in [-0.05, 0) is 25.1 Å². The minimum atomic E-state index is -0.617. The molecule has 2 rings (SSSR count). The molecule has 0 unspecified atom stereocenters. The number of anilines is 1. The first kappa shape index (κ1) is 17.1. The highest BCUT2D eigenvalue weighted by atomic mass is 16.6. The Bertz CT molecular complexity index is 747. The summed E-state index contributed by atoms with van der Waals surface area (Å²) in [5.41, 5.74) is 5.91. The summed E-state index contributed by atoms with van der Waals surface area (Å²) in [4.78, 5) is 21.8. The maximum Gasteiger partial charge on any atom is 0.344 e. The normalized spacial score (nSPS) is 10.0. The van der Waals surface area contributed by atoms with Gasteiger partial charge in [-0.3, -0.25) is 10.1 Å². The Labute approximate surface area is 137 Å². The fraction of sp³-hybridized carbons (Fsp3) is 0.188. The third-order valence-electron chi connectivity index (χ3n) is 2.87. The van der Waals surface area contributed by atoms with Gasteiger partial charge >= 0.3 is 11.7 Å². The van der Waals surface area contributed by atoms with E-state index in [9.17, 15) is 14.9 Å². The Hall–Kier alpha value is -3.29. The standard InChI is InChI=1S/C16H16N2O6/c1-2-22-16(19)10-23-15-9-13(6-7-14(15)18(20)21)24-12-5-3-4-11(17)8-12/h3-9H,2,10,17H2,1H3. The van der Waals surface area contributed by atoms with Crippen molar-refractivity contribution >= 4 is 17.3 Å². The Morgan fingerprint density at radius 3 is 2.62 bits per heavy atom. The van der Waals surface area contributed by atoms with Gasteiger partial charge in [0.15, 0.2) is 6.61 Å². The van der Waals surface area contributed by atoms with Crippen molar-refractivity contribution in [2.24, 2.45) is 0 Å². The SMILES string of the molecule is CCOC(=O)COc1cc(Oc2cccc(N)c2)ccc1[N+](=O)[O-]. The number of carbonyl (C=O) groups excluding carboxylic acids is 1. The number of ether oxygens (including phenoxy) is 3. The van der Waals surface area contributed by atoms with Crippen LogP contribution in [0.5, 0.6) is 17.2 Å². The first-order valence-corrected chi connectivity index (χ1v) is 7.10. The molecular weight excluding hydrogens is 316 g/mol. The molecule has 2 aromatic carbocycles. The quantitative estimate of drug-likeness (QED) is 0.359. The second-order valence-electron chi connectivity index (χ2n) is 4.65. The van der Waals surface area contributed by atoms with Gasteiger partial charge in [0, 0.05) is 23.9 Å². The molecule has 0 aliphatic heterocycles. The third-order valence-corrected chi connectivity index (χ3v) is 2.87. The number of rotatable bonds is 7. The van der Waals surface area contributed by atoms with E-state index in [2.05, 4.69) is 0 Å². The van der Waals surface area contributed by atoms with Gasteiger partial charge in [0.1, 0.15) is 11.5 Å². The van der Waals surface area contributed by atoms with Crippen molar-refractivity contribution in [2.45, 2.75) is 6.92 Å². The van der Waals surface area contributed by atoms with Gasteiger partial charge in [0.2, 0.25) is 5.75 Å². The summed E-state index contributed by atoms with van der Waals surface area (Å²) in [5, 5.41) is 11.1. The van der Waals surface area contributed by atoms with Crippen molar-refractivity contribution in [3.05, 3.63) is 52.6 Å². The first-order chi connectivity index (χ1) is 11.5. The largest absolute Gasteiger partial charge is 0.475 e. The molecule has 8 nitrogen and oxygen atoms in total. The molecule has 0 spiro atoms. The molecule has 0 saturated carbocycles. The monoisotopic (exact) mass is 332 g/mol. The molecule has 0 atom stereocenters. The molecule has 0 aromatic heterocycles. The van der Waals surface area contributed by atoms with Gasteiger partial charge in [-0.15, -0.1) is 0 Å². The van der Waals surface area contributed by atoms with Crippen LogP contribution in [0.15, 0.2) is 42.5 Å². The average Bonchev–Trinajstić information content (AvgIpc) is 2.53. The topological polar surface area (TPSA) is 114 Å². The fourth-order valence-electron chi connectivity index (χ4n) is 1.88. The summed E-state index contributed by atoms with van der Waals surface area (Å²) in [5.74, 6) is 0.0775. The summed E-state index contributed by atoms with van der Waals surface area (Å²) in [7, 11) is 0. The third kappa shape index (κ3) is 4.60. The number of hydrogen-bond acceptors (Lipinski definition) is 7. The molecule has 2 aromatic rings. The highest BCUT2D eigenvalue weighted by Crippen LogP contribution is 2.33. The Kier molecular flexibility index (Phi) is 5.56. The van der Waals surface area contributed by atoms with Crippen molar-refractivity contribution in [2.75, 3.05) is 18.9 Å². The number of esters is 1. The zero-order valence-electron chi connectivity index (χ0n) is 12.9. The summed E-state index contributed by atoms with van der Waals surface area (Å²) < 4.78 is 15.5. The number of benzene rings is 2. The van der Waals surface area contributed by atoms with Crippen LogP contribution in [0, 0.1) is 10.1 Å². The van der Waals surface area contributed by atoms with Crippen LogP contribution in [0.4, 0.5) is 11.4 Å². The van der Waals surface area contributed by atoms with Gasteiger partial charge in [0.05, 0.1) is 11.5 Å². The predicted octanol–water partition coefficient (Wildman–Crippen LogP) is 2.91. The molecule has 2 N–H and O–H groups in total. The number of nitrogens with zero attached hydrogens (tertiary/aromatic N) is 1. The number of nitrogen functional groups attached to an aromatic ring is 1. The first-order valence-electron chi connectivity index (χ1n) is 7.10. The van der Waals surface area contributed by atoms with Gasteiger partial charge in [-0.1, -0.05) is 6.07 Å². The van der Waals surface area contributed by atoms with Crippen LogP contribution in [0.2, 0.25) is 0 Å². The summed E-state index contributed by atoms with van der Waals surface area (Å²) in [6.45, 7) is 1.42. The predicted molar refractivity (Wildman–Crippen MR) is 86.2 cm³/mol. The maximum absolute atomic E-state index is 11.3. The van der Waals surface area contributed by atoms with E-state index >= 15 is 0 Å². The average molecular weight is 332 g/mol. The van der Waals surface area contributed by atoms with Gasteiger partial charge in [0.25, 0.3) is 0 Å². The second kappa shape index (κ2) is 7.82. The molecule has 0 radical (unpaired) electrons. The van der Waals surface area contributed by atoms with E-state index in [1.807, 2.05) is 0 Å². The molecule has 0 aliphatic rings. The van der Waals surface area contributed by atoms with Crippen LogP contribution in [0.25, 0.3) is 0 Å². The molecule has 0 bridgehead atoms. The van der Waals surface area contributed by atoms with Crippen molar-refractivity contribution in [3.63, 3.8) is 0 Å². The van der Waals surface area contributed by atoms with E-state index in [-0.39, 0.29) is 18.0 Å². The molecular formula is C16H16N2O6. The fourth-order valence-corrected chi connectivity index (χ4v) is 1.88. The smallest absolute Gasteiger partial charge is 0.344 e. The van der Waals surface area contributed by atoms with Crippen LogP contribution in [0.3, 0.4) is 0 Å². The molecule has 0 fully saturated rings. The minimum Gasteiger partial charge on any atom is -0.475 e. The van der Waals surface area contributed by atoms with E-state index in [0.717, 1.165) is 0 Å². The Balaban J connectivity index is 2.20. The van der Waals surface area contributed by atoms with Gasteiger partial charge in [-0.25, -0.2) is 4.79 Å². The lowest BCUT2D eigenvalue weighted by Gasteiger charge is -2.10. The van der Waals surface area contributed by atoms with E-state index in [1.54, 1.807) is 31.2 Å². The molecule has 8 heteroatoms. The molecule has 0 amide bonds. The summed E-state index contributed by atoms with van der Waals surface area (Å²) >= 11 is 0. The van der Waals surface area contributed by atoms with Crippen molar-refractivity contribution in [3.8, 4) is 17.2 Å². The second-order valence-corrected chi connectivity index (χ2v) is 4.65. The molecule has 0 saturated heterocycles. The van der Waals surface area contributed by atoms with Crippen LogP contribution >= 0.6 is 0 Å². The number of nitro benzene ring substituents is 1. The van der Waals surface area contributed by atoms with Crippen molar-refractivity contribution in [1.29, 1.82) is 0 Å². The van der Waals surface area contributed by atoms with Crippen LogP contribution in [-0.2, 0) is 9.53 Å². The molecule has 24 heavy (non-hydrogen) atoms. The van der Waals surface area contributed by atoms with Crippen molar-refractivity contribution < 1.29 is 23.9 Å². The van der Waals surface area contributed by atoms with Crippen molar-refractivity contribution in [1.82, 2.24) is 0 Å². The van der Waals surface area contributed by atoms with E-state index in [1.165, 1.54) is 18.2 Å². The lowest BCUT2D eigenvalue weighted by atomic mass is 10.2. The molecule has 126 valence electrons. The highest BCUT2D eigenvalue weighted by molar-refractivity contribution is 5.71. The number of carbonyl (C=O) groups is 1. The zero-order valence-corrected chi connectivity index (χ0v) is 12.9. The minimum absolute atomic E-state index is 0.0885. The van der Waals surface area contributed by atoms with E-state index in [4.69, 9.17) is 19.9 Å². The molecule has 0 heterocycles. The summed E-state index contributed by atoms with van der Waals surface area (Å²) in [6, 6.07) is 10.7. The summed E-state index contributed by atoms with van der Waals surface area (Å²) in [6.07, 6.45) is 0. The van der Waals surface area contributed by atoms with Crippen LogP contribution in [-0.4, -0.2) is 24.1 Å². The Morgan fingerprint density at radius 2 is 1.96 bits per heavy atom. The number of nitrogens with two attached hydrogens (primary N) is 1. The zero-order chi connectivity index (χ0) is 17.5. The maximum atomic E-state index is 11.3. The molecule has 0 aliphatic carbocycles.